The van der Waals surface area contributed by atoms with Gasteiger partial charge in [0.25, 0.3) is 0 Å². The number of hydrogen-bond donors (Lipinski definition) is 2. The zero-order valence-corrected chi connectivity index (χ0v) is 11.6. The number of rotatable bonds is 4. The van der Waals surface area contributed by atoms with Crippen molar-refractivity contribution in [2.75, 3.05) is 0 Å². The third-order valence-corrected chi connectivity index (χ3v) is 2.84. The van der Waals surface area contributed by atoms with E-state index in [1.54, 1.807) is 32.0 Å². The second kappa shape index (κ2) is 5.03. The Morgan fingerprint density at radius 3 is 2.55 bits per heavy atom. The molecular formula is C14H17NO5. The number of amides is 1. The van der Waals surface area contributed by atoms with E-state index in [9.17, 15) is 9.59 Å². The van der Waals surface area contributed by atoms with Crippen molar-refractivity contribution in [2.24, 2.45) is 0 Å². The van der Waals surface area contributed by atoms with Crippen LogP contribution >= 0.6 is 0 Å². The Hall–Kier alpha value is -2.24. The number of hydrogen-bond acceptors (Lipinski definition) is 4. The lowest BCUT2D eigenvalue weighted by Crippen LogP contribution is -2.41. The van der Waals surface area contributed by atoms with Crippen molar-refractivity contribution in [3.63, 3.8) is 0 Å². The average molecular weight is 279 g/mol. The molecule has 0 fully saturated rings. The number of carboxylic acid groups (broad SMARTS) is 1. The van der Waals surface area contributed by atoms with Gasteiger partial charge in [0, 0.05) is 27.2 Å². The molecule has 1 aliphatic heterocycles. The zero-order valence-electron chi connectivity index (χ0n) is 11.6. The van der Waals surface area contributed by atoms with E-state index in [1.807, 2.05) is 0 Å². The van der Waals surface area contributed by atoms with Gasteiger partial charge in [0.2, 0.25) is 11.7 Å². The minimum absolute atomic E-state index is 0.186. The lowest BCUT2D eigenvalue weighted by molar-refractivity contribution is -0.141. The highest BCUT2D eigenvalue weighted by Crippen LogP contribution is 2.39. The molecule has 0 unspecified atom stereocenters. The number of carbonyl (C=O) groups is 2. The van der Waals surface area contributed by atoms with Crippen molar-refractivity contribution >= 4 is 11.9 Å². The summed E-state index contributed by atoms with van der Waals surface area (Å²) in [5, 5.41) is 11.5. The highest BCUT2D eigenvalue weighted by Gasteiger charge is 2.32. The molecule has 1 aromatic carbocycles. The van der Waals surface area contributed by atoms with Crippen LogP contribution in [-0.4, -0.2) is 28.8 Å². The van der Waals surface area contributed by atoms with Crippen LogP contribution in [0, 0.1) is 0 Å². The first-order valence-corrected chi connectivity index (χ1v) is 6.28. The number of fused-ring (bicyclic) bond motifs is 1. The molecule has 1 aliphatic rings. The number of benzene rings is 1. The summed E-state index contributed by atoms with van der Waals surface area (Å²) in [6, 6.07) is 4.29. The first-order chi connectivity index (χ1) is 9.27. The first-order valence-electron chi connectivity index (χ1n) is 6.28. The van der Waals surface area contributed by atoms with Crippen molar-refractivity contribution in [2.45, 2.75) is 39.0 Å². The van der Waals surface area contributed by atoms with E-state index in [2.05, 4.69) is 5.32 Å². The molecule has 0 radical (unpaired) electrons. The van der Waals surface area contributed by atoms with Gasteiger partial charge in [0.05, 0.1) is 0 Å². The number of aliphatic carboxylic acids is 1. The lowest BCUT2D eigenvalue weighted by Gasteiger charge is -2.16. The fourth-order valence-electron chi connectivity index (χ4n) is 2.08. The molecule has 1 aromatic rings. The molecule has 0 spiro atoms. The van der Waals surface area contributed by atoms with Crippen molar-refractivity contribution in [1.29, 1.82) is 0 Å². The minimum Gasteiger partial charge on any atom is -0.480 e. The largest absolute Gasteiger partial charge is 0.480 e. The van der Waals surface area contributed by atoms with E-state index in [-0.39, 0.29) is 12.3 Å². The van der Waals surface area contributed by atoms with E-state index in [0.717, 1.165) is 5.56 Å². The van der Waals surface area contributed by atoms with Gasteiger partial charge in [-0.15, -0.1) is 0 Å². The fourth-order valence-corrected chi connectivity index (χ4v) is 2.08. The molecule has 108 valence electrons. The van der Waals surface area contributed by atoms with E-state index in [1.165, 1.54) is 6.92 Å². The molecule has 2 rings (SSSR count). The monoisotopic (exact) mass is 279 g/mol. The van der Waals surface area contributed by atoms with Crippen LogP contribution in [0.25, 0.3) is 0 Å². The summed E-state index contributed by atoms with van der Waals surface area (Å²) in [4.78, 5) is 22.1. The van der Waals surface area contributed by atoms with Gasteiger partial charge < -0.3 is 19.9 Å². The topological polar surface area (TPSA) is 84.9 Å². The van der Waals surface area contributed by atoms with Crippen LogP contribution in [0.4, 0.5) is 0 Å². The second-order valence-electron chi connectivity index (χ2n) is 5.18. The summed E-state index contributed by atoms with van der Waals surface area (Å²) >= 11 is 0. The van der Waals surface area contributed by atoms with Crippen LogP contribution in [0.3, 0.4) is 0 Å². The minimum atomic E-state index is -1.07. The number of carbonyl (C=O) groups excluding carboxylic acids is 1. The summed E-state index contributed by atoms with van der Waals surface area (Å²) < 4.78 is 11.2. The summed E-state index contributed by atoms with van der Waals surface area (Å²) in [7, 11) is 0. The van der Waals surface area contributed by atoms with E-state index in [0.29, 0.717) is 11.5 Å². The van der Waals surface area contributed by atoms with E-state index in [4.69, 9.17) is 14.6 Å². The van der Waals surface area contributed by atoms with Crippen molar-refractivity contribution in [3.8, 4) is 11.5 Å². The van der Waals surface area contributed by atoms with Crippen LogP contribution < -0.4 is 14.8 Å². The van der Waals surface area contributed by atoms with Crippen molar-refractivity contribution < 1.29 is 24.2 Å². The van der Waals surface area contributed by atoms with Crippen LogP contribution in [-0.2, 0) is 16.0 Å². The van der Waals surface area contributed by atoms with Gasteiger partial charge >= 0.3 is 5.97 Å². The lowest BCUT2D eigenvalue weighted by atomic mass is 10.1. The van der Waals surface area contributed by atoms with E-state index < -0.39 is 17.8 Å². The van der Waals surface area contributed by atoms with Crippen LogP contribution in [0.15, 0.2) is 18.2 Å². The summed E-state index contributed by atoms with van der Waals surface area (Å²) in [6.07, 6.45) is 0.186. The molecule has 0 bridgehead atoms. The van der Waals surface area contributed by atoms with Crippen molar-refractivity contribution in [3.05, 3.63) is 23.8 Å². The fraction of sp³-hybridized carbons (Fsp3) is 0.429. The summed E-state index contributed by atoms with van der Waals surface area (Å²) in [5.41, 5.74) is 0.756. The quantitative estimate of drug-likeness (QED) is 0.868. The Morgan fingerprint density at radius 1 is 1.30 bits per heavy atom. The molecule has 1 heterocycles. The Bertz CT molecular complexity index is 552. The molecule has 0 saturated heterocycles. The van der Waals surface area contributed by atoms with Crippen molar-refractivity contribution in [1.82, 2.24) is 5.32 Å². The van der Waals surface area contributed by atoms with Gasteiger partial charge in [-0.1, -0.05) is 6.07 Å². The molecule has 20 heavy (non-hydrogen) atoms. The molecule has 0 aromatic heterocycles. The standard InChI is InChI=1S/C14H17NO5/c1-8(16)15-10(13(17)18)6-9-4-5-11-12(7-9)20-14(2,3)19-11/h4-5,7,10H,6H2,1-3H3,(H,15,16)(H,17,18)/t10-/m0/s1. The number of carboxylic acids is 1. The first kappa shape index (κ1) is 14.2. The van der Waals surface area contributed by atoms with Gasteiger partial charge in [0.15, 0.2) is 11.5 Å². The third kappa shape index (κ3) is 3.20. The predicted octanol–water partition coefficient (Wildman–Crippen LogP) is 1.33. The molecule has 0 saturated carbocycles. The molecule has 1 atom stereocenters. The number of nitrogens with one attached hydrogen (secondary N) is 1. The van der Waals surface area contributed by atoms with Gasteiger partial charge in [-0.25, -0.2) is 4.79 Å². The van der Waals surface area contributed by atoms with Crippen LogP contribution in [0.1, 0.15) is 26.3 Å². The maximum Gasteiger partial charge on any atom is 0.326 e. The molecular weight excluding hydrogens is 262 g/mol. The summed E-state index contributed by atoms with van der Waals surface area (Å²) in [5.74, 6) is -0.952. The average Bonchev–Trinajstić information content (AvgIpc) is 2.60. The Balaban J connectivity index is 2.15. The van der Waals surface area contributed by atoms with Crippen LogP contribution in [0.5, 0.6) is 11.5 Å². The maximum atomic E-state index is 11.1. The molecule has 0 aliphatic carbocycles. The SMILES string of the molecule is CC(=O)N[C@@H](Cc1ccc2c(c1)OC(C)(C)O2)C(=O)O. The molecule has 2 N–H and O–H groups in total. The Morgan fingerprint density at radius 2 is 1.95 bits per heavy atom. The van der Waals surface area contributed by atoms with E-state index >= 15 is 0 Å². The predicted molar refractivity (Wildman–Crippen MR) is 70.7 cm³/mol. The van der Waals surface area contributed by atoms with Crippen LogP contribution in [0.2, 0.25) is 0 Å². The maximum absolute atomic E-state index is 11.1. The second-order valence-corrected chi connectivity index (χ2v) is 5.18. The van der Waals surface area contributed by atoms with Gasteiger partial charge in [-0.3, -0.25) is 4.79 Å². The smallest absolute Gasteiger partial charge is 0.326 e. The highest BCUT2D eigenvalue weighted by atomic mass is 16.7. The van der Waals surface area contributed by atoms with Gasteiger partial charge in [0.1, 0.15) is 6.04 Å². The highest BCUT2D eigenvalue weighted by molar-refractivity contribution is 5.82. The van der Waals surface area contributed by atoms with Gasteiger partial charge in [-0.2, -0.15) is 0 Å². The third-order valence-electron chi connectivity index (χ3n) is 2.84. The molecule has 1 amide bonds. The normalized spacial score (nSPS) is 16.6. The number of ether oxygens (including phenoxy) is 2. The summed E-state index contributed by atoms with van der Waals surface area (Å²) in [6.45, 7) is 4.88. The zero-order chi connectivity index (χ0) is 14.9. The molecule has 6 heteroatoms. The Kier molecular flexibility index (Phi) is 3.57. The molecule has 6 nitrogen and oxygen atoms in total. The van der Waals surface area contributed by atoms with Gasteiger partial charge in [-0.05, 0) is 17.7 Å². The Labute approximate surface area is 116 Å².